The standard InChI is InChI=1S/C16H14N2O4/c19-13-14(20)16(22)18-12-7-3-10(4-8-12)9-1-5-11(6-2-9)17-15(13)21/h1-8,13-14,19-20H,(H,17,21)(H,18,22). The van der Waals surface area contributed by atoms with Gasteiger partial charge in [0.15, 0.2) is 12.2 Å². The van der Waals surface area contributed by atoms with Crippen LogP contribution in [0.4, 0.5) is 11.4 Å². The second-order valence-electron chi connectivity index (χ2n) is 5.02. The molecule has 3 aliphatic rings. The Balaban J connectivity index is 2.04. The van der Waals surface area contributed by atoms with Crippen molar-refractivity contribution in [3.8, 4) is 11.1 Å². The van der Waals surface area contributed by atoms with E-state index in [1.165, 1.54) is 0 Å². The topological polar surface area (TPSA) is 98.7 Å². The van der Waals surface area contributed by atoms with E-state index in [0.717, 1.165) is 11.1 Å². The molecule has 4 bridgehead atoms. The average molecular weight is 298 g/mol. The minimum Gasteiger partial charge on any atom is -0.380 e. The summed E-state index contributed by atoms with van der Waals surface area (Å²) in [5.74, 6) is -1.69. The number of fused-ring (bicyclic) bond motifs is 2. The van der Waals surface area contributed by atoms with E-state index < -0.39 is 24.0 Å². The first-order valence-electron chi connectivity index (χ1n) is 6.73. The average Bonchev–Trinajstić information content (AvgIpc) is 2.54. The number of carbonyl (C=O) groups excluding carboxylic acids is 2. The van der Waals surface area contributed by atoms with Gasteiger partial charge in [-0.15, -0.1) is 0 Å². The Morgan fingerprint density at radius 3 is 1.27 bits per heavy atom. The molecule has 3 heterocycles. The minimum atomic E-state index is -1.86. The van der Waals surface area contributed by atoms with E-state index in [1.807, 2.05) is 24.3 Å². The molecule has 6 heteroatoms. The SMILES string of the molecule is O=C1Nc2ccc(cc2)-c2ccc(cc2)NC(=O)C(O)C1O. The molecule has 6 nitrogen and oxygen atoms in total. The largest absolute Gasteiger partial charge is 0.380 e. The van der Waals surface area contributed by atoms with Crippen molar-refractivity contribution < 1.29 is 19.8 Å². The van der Waals surface area contributed by atoms with E-state index in [4.69, 9.17) is 0 Å². The van der Waals surface area contributed by atoms with Crippen molar-refractivity contribution in [3.05, 3.63) is 48.5 Å². The van der Waals surface area contributed by atoms with Crippen LogP contribution in [0.5, 0.6) is 0 Å². The maximum Gasteiger partial charge on any atom is 0.256 e. The summed E-state index contributed by atoms with van der Waals surface area (Å²) >= 11 is 0. The van der Waals surface area contributed by atoms with E-state index in [1.54, 1.807) is 24.3 Å². The summed E-state index contributed by atoms with van der Waals surface area (Å²) in [6, 6.07) is 14.1. The predicted molar refractivity (Wildman–Crippen MR) is 81.2 cm³/mol. The molecule has 5 rings (SSSR count). The smallest absolute Gasteiger partial charge is 0.256 e. The molecule has 2 amide bonds. The minimum absolute atomic E-state index is 0.467. The number of benzene rings is 2. The molecule has 22 heavy (non-hydrogen) atoms. The van der Waals surface area contributed by atoms with E-state index in [-0.39, 0.29) is 0 Å². The van der Waals surface area contributed by atoms with Gasteiger partial charge in [0.25, 0.3) is 11.8 Å². The van der Waals surface area contributed by atoms with Crippen molar-refractivity contribution in [2.75, 3.05) is 10.6 Å². The number of hydrogen-bond donors (Lipinski definition) is 4. The van der Waals surface area contributed by atoms with Gasteiger partial charge in [-0.1, -0.05) is 24.3 Å². The van der Waals surface area contributed by atoms with Gasteiger partial charge in [0.2, 0.25) is 0 Å². The van der Waals surface area contributed by atoms with Crippen molar-refractivity contribution in [2.24, 2.45) is 0 Å². The van der Waals surface area contributed by atoms with Gasteiger partial charge in [0.05, 0.1) is 0 Å². The van der Waals surface area contributed by atoms with Crippen molar-refractivity contribution in [2.45, 2.75) is 12.2 Å². The van der Waals surface area contributed by atoms with Crippen LogP contribution < -0.4 is 10.6 Å². The van der Waals surface area contributed by atoms with Gasteiger partial charge in [-0.25, -0.2) is 0 Å². The fourth-order valence-electron chi connectivity index (χ4n) is 2.21. The highest BCUT2D eigenvalue weighted by molar-refractivity contribution is 6.02. The summed E-state index contributed by atoms with van der Waals surface area (Å²) in [5.41, 5.74) is 2.84. The zero-order valence-electron chi connectivity index (χ0n) is 11.5. The monoisotopic (exact) mass is 298 g/mol. The Hall–Kier alpha value is -2.70. The molecule has 0 saturated carbocycles. The van der Waals surface area contributed by atoms with Gasteiger partial charge in [0.1, 0.15) is 0 Å². The number of nitrogens with one attached hydrogen (secondary N) is 2. The molecule has 0 saturated heterocycles. The lowest BCUT2D eigenvalue weighted by molar-refractivity contribution is -0.139. The van der Waals surface area contributed by atoms with Gasteiger partial charge < -0.3 is 20.8 Å². The van der Waals surface area contributed by atoms with Crippen LogP contribution in [0.1, 0.15) is 0 Å². The van der Waals surface area contributed by atoms with Crippen LogP contribution in [0.2, 0.25) is 0 Å². The van der Waals surface area contributed by atoms with Gasteiger partial charge >= 0.3 is 0 Å². The Morgan fingerprint density at radius 1 is 0.636 bits per heavy atom. The third-order valence-electron chi connectivity index (χ3n) is 3.47. The number of carbonyl (C=O) groups is 2. The summed E-state index contributed by atoms with van der Waals surface area (Å²) in [6.07, 6.45) is -3.72. The Kier molecular flexibility index (Phi) is 3.62. The van der Waals surface area contributed by atoms with Crippen LogP contribution in [0.15, 0.2) is 48.5 Å². The van der Waals surface area contributed by atoms with Gasteiger partial charge in [-0.2, -0.15) is 0 Å². The molecule has 0 aliphatic carbocycles. The Bertz CT molecular complexity index is 646. The molecular formula is C16H14N2O4. The molecule has 0 spiro atoms. The summed E-state index contributed by atoms with van der Waals surface area (Å²) in [4.78, 5) is 23.7. The lowest BCUT2D eigenvalue weighted by atomic mass is 10.0. The lowest BCUT2D eigenvalue weighted by Gasteiger charge is -2.18. The van der Waals surface area contributed by atoms with Crippen LogP contribution in [-0.4, -0.2) is 34.2 Å². The van der Waals surface area contributed by atoms with E-state index >= 15 is 0 Å². The zero-order valence-corrected chi connectivity index (χ0v) is 11.5. The van der Waals surface area contributed by atoms with Gasteiger partial charge in [-0.05, 0) is 35.4 Å². The third-order valence-corrected chi connectivity index (χ3v) is 3.47. The van der Waals surface area contributed by atoms with E-state index in [0.29, 0.717) is 11.4 Å². The molecule has 0 aromatic heterocycles. The highest BCUT2D eigenvalue weighted by Gasteiger charge is 2.30. The first kappa shape index (κ1) is 14.2. The van der Waals surface area contributed by atoms with Crippen molar-refractivity contribution in [3.63, 3.8) is 0 Å². The van der Waals surface area contributed by atoms with Crippen molar-refractivity contribution in [1.29, 1.82) is 0 Å². The van der Waals surface area contributed by atoms with Crippen LogP contribution in [0.3, 0.4) is 0 Å². The molecule has 112 valence electrons. The van der Waals surface area contributed by atoms with Crippen LogP contribution >= 0.6 is 0 Å². The quantitative estimate of drug-likeness (QED) is 0.582. The maximum atomic E-state index is 11.8. The Labute approximate surface area is 126 Å². The van der Waals surface area contributed by atoms with Crippen LogP contribution in [0, 0.1) is 0 Å². The maximum absolute atomic E-state index is 11.8. The molecule has 0 fully saturated rings. The number of aliphatic hydroxyl groups is 2. The molecule has 2 aromatic carbocycles. The molecule has 3 aliphatic heterocycles. The molecule has 4 N–H and O–H groups in total. The molecule has 2 aromatic rings. The van der Waals surface area contributed by atoms with Gasteiger partial charge in [-0.3, -0.25) is 9.59 Å². The third kappa shape index (κ3) is 2.69. The summed E-state index contributed by atoms with van der Waals surface area (Å²) in [7, 11) is 0. The van der Waals surface area contributed by atoms with E-state index in [9.17, 15) is 19.8 Å². The first-order chi connectivity index (χ1) is 10.5. The summed E-state index contributed by atoms with van der Waals surface area (Å²) in [5, 5.41) is 24.5. The number of anilines is 2. The summed E-state index contributed by atoms with van der Waals surface area (Å²) in [6.45, 7) is 0. The normalized spacial score (nSPS) is 21.2. The number of hydrogen-bond acceptors (Lipinski definition) is 4. The van der Waals surface area contributed by atoms with E-state index in [2.05, 4.69) is 10.6 Å². The first-order valence-corrected chi connectivity index (χ1v) is 6.73. The number of aliphatic hydroxyl groups excluding tert-OH is 2. The Morgan fingerprint density at radius 2 is 0.955 bits per heavy atom. The second-order valence-corrected chi connectivity index (χ2v) is 5.02. The second kappa shape index (κ2) is 5.59. The predicted octanol–water partition coefficient (Wildman–Crippen LogP) is 0.966. The highest BCUT2D eigenvalue weighted by atomic mass is 16.3. The molecule has 2 atom stereocenters. The zero-order chi connectivity index (χ0) is 15.7. The number of amides is 2. The van der Waals surface area contributed by atoms with Crippen LogP contribution in [0.25, 0.3) is 11.1 Å². The highest BCUT2D eigenvalue weighted by Crippen LogP contribution is 2.24. The molecule has 0 radical (unpaired) electrons. The molecular weight excluding hydrogens is 284 g/mol. The summed E-state index contributed by atoms with van der Waals surface area (Å²) < 4.78 is 0. The van der Waals surface area contributed by atoms with Crippen molar-refractivity contribution >= 4 is 23.2 Å². The van der Waals surface area contributed by atoms with Crippen LogP contribution in [-0.2, 0) is 9.59 Å². The fraction of sp³-hybridized carbons (Fsp3) is 0.125. The molecule has 2 unspecified atom stereocenters. The van der Waals surface area contributed by atoms with Crippen molar-refractivity contribution in [1.82, 2.24) is 0 Å². The fourth-order valence-corrected chi connectivity index (χ4v) is 2.21. The number of rotatable bonds is 0. The lowest BCUT2D eigenvalue weighted by Crippen LogP contribution is -2.45. The van der Waals surface area contributed by atoms with Gasteiger partial charge in [0, 0.05) is 11.4 Å².